The molecule has 0 aliphatic heterocycles. The zero-order valence-corrected chi connectivity index (χ0v) is 12.9. The van der Waals surface area contributed by atoms with Gasteiger partial charge in [-0.05, 0) is 43.7 Å². The minimum Gasteiger partial charge on any atom is -0.399 e. The summed E-state index contributed by atoms with van der Waals surface area (Å²) in [6, 6.07) is 9.96. The van der Waals surface area contributed by atoms with E-state index in [0.717, 1.165) is 6.42 Å². The first-order valence-corrected chi connectivity index (χ1v) is 7.37. The van der Waals surface area contributed by atoms with Gasteiger partial charge in [-0.2, -0.15) is 0 Å². The SMILES string of the molecule is CCCC(C(=O)Nc1ccc(N)cc1)n1cccc(C)c1=O. The number of nitrogens with zero attached hydrogens (tertiary/aromatic N) is 1. The van der Waals surface area contributed by atoms with E-state index in [9.17, 15) is 9.59 Å². The summed E-state index contributed by atoms with van der Waals surface area (Å²) in [4.78, 5) is 24.8. The van der Waals surface area contributed by atoms with Crippen molar-refractivity contribution in [3.63, 3.8) is 0 Å². The molecular formula is C17H21N3O2. The summed E-state index contributed by atoms with van der Waals surface area (Å²) in [7, 11) is 0. The van der Waals surface area contributed by atoms with Gasteiger partial charge in [-0.15, -0.1) is 0 Å². The lowest BCUT2D eigenvalue weighted by Crippen LogP contribution is -2.33. The van der Waals surface area contributed by atoms with Gasteiger partial charge in [0, 0.05) is 23.1 Å². The molecule has 0 spiro atoms. The molecule has 116 valence electrons. The largest absolute Gasteiger partial charge is 0.399 e. The lowest BCUT2D eigenvalue weighted by Gasteiger charge is -2.19. The van der Waals surface area contributed by atoms with Crippen molar-refractivity contribution in [1.29, 1.82) is 0 Å². The Morgan fingerprint density at radius 1 is 1.27 bits per heavy atom. The lowest BCUT2D eigenvalue weighted by molar-refractivity contribution is -0.119. The third-order valence-electron chi connectivity index (χ3n) is 3.54. The van der Waals surface area contributed by atoms with Crippen LogP contribution in [0.2, 0.25) is 0 Å². The molecule has 1 amide bonds. The van der Waals surface area contributed by atoms with Gasteiger partial charge in [-0.3, -0.25) is 9.59 Å². The Morgan fingerprint density at radius 3 is 2.59 bits per heavy atom. The van der Waals surface area contributed by atoms with Crippen LogP contribution in [0.1, 0.15) is 31.4 Å². The number of hydrogen-bond acceptors (Lipinski definition) is 3. The van der Waals surface area contributed by atoms with Crippen molar-refractivity contribution in [3.8, 4) is 0 Å². The molecule has 1 aromatic heterocycles. The highest BCUT2D eigenvalue weighted by Gasteiger charge is 2.21. The Kier molecular flexibility index (Phi) is 4.99. The number of pyridine rings is 1. The van der Waals surface area contributed by atoms with E-state index in [-0.39, 0.29) is 11.5 Å². The minimum atomic E-state index is -0.519. The molecule has 2 rings (SSSR count). The van der Waals surface area contributed by atoms with Gasteiger partial charge >= 0.3 is 0 Å². The van der Waals surface area contributed by atoms with Crippen LogP contribution in [0.25, 0.3) is 0 Å². The summed E-state index contributed by atoms with van der Waals surface area (Å²) in [5, 5.41) is 2.84. The maximum atomic E-state index is 12.5. The fourth-order valence-electron chi connectivity index (χ4n) is 2.33. The maximum absolute atomic E-state index is 12.5. The first-order chi connectivity index (χ1) is 10.5. The van der Waals surface area contributed by atoms with Gasteiger partial charge in [0.25, 0.3) is 5.56 Å². The van der Waals surface area contributed by atoms with Gasteiger partial charge in [0.2, 0.25) is 5.91 Å². The second-order valence-corrected chi connectivity index (χ2v) is 5.32. The zero-order chi connectivity index (χ0) is 16.1. The molecule has 0 saturated heterocycles. The minimum absolute atomic E-state index is 0.131. The van der Waals surface area contributed by atoms with Crippen LogP contribution in [-0.2, 0) is 4.79 Å². The van der Waals surface area contributed by atoms with Crippen LogP contribution in [0.3, 0.4) is 0 Å². The Labute approximate surface area is 129 Å². The van der Waals surface area contributed by atoms with E-state index in [2.05, 4.69) is 5.32 Å². The number of nitrogens with one attached hydrogen (secondary N) is 1. The number of rotatable bonds is 5. The topological polar surface area (TPSA) is 77.1 Å². The van der Waals surface area contributed by atoms with Gasteiger partial charge in [0.1, 0.15) is 6.04 Å². The highest BCUT2D eigenvalue weighted by Crippen LogP contribution is 2.17. The molecule has 2 aromatic rings. The second kappa shape index (κ2) is 6.93. The molecule has 0 saturated carbocycles. The predicted molar refractivity (Wildman–Crippen MR) is 88.9 cm³/mol. The second-order valence-electron chi connectivity index (χ2n) is 5.32. The standard InChI is InChI=1S/C17H21N3O2/c1-3-5-15(20-11-4-6-12(2)17(20)22)16(21)19-14-9-7-13(18)8-10-14/h4,6-11,15H,3,5,18H2,1-2H3,(H,19,21). The molecule has 1 heterocycles. The molecule has 0 radical (unpaired) electrons. The third kappa shape index (κ3) is 3.55. The lowest BCUT2D eigenvalue weighted by atomic mass is 10.1. The van der Waals surface area contributed by atoms with E-state index in [1.54, 1.807) is 49.5 Å². The number of hydrogen-bond donors (Lipinski definition) is 2. The number of nitrogen functional groups attached to an aromatic ring is 1. The molecule has 0 bridgehead atoms. The van der Waals surface area contributed by atoms with Crippen molar-refractivity contribution in [2.24, 2.45) is 0 Å². The molecule has 3 N–H and O–H groups in total. The summed E-state index contributed by atoms with van der Waals surface area (Å²) in [6.07, 6.45) is 3.07. The van der Waals surface area contributed by atoms with Gasteiger partial charge in [-0.25, -0.2) is 0 Å². The van der Waals surface area contributed by atoms with E-state index in [0.29, 0.717) is 23.4 Å². The normalized spacial score (nSPS) is 11.9. The van der Waals surface area contributed by atoms with Gasteiger partial charge in [-0.1, -0.05) is 19.4 Å². The third-order valence-corrected chi connectivity index (χ3v) is 3.54. The number of benzene rings is 1. The van der Waals surface area contributed by atoms with E-state index in [4.69, 9.17) is 5.73 Å². The van der Waals surface area contributed by atoms with Crippen LogP contribution in [0, 0.1) is 6.92 Å². The van der Waals surface area contributed by atoms with Crippen molar-refractivity contribution >= 4 is 17.3 Å². The molecule has 1 aromatic carbocycles. The molecule has 0 aliphatic carbocycles. The molecule has 0 fully saturated rings. The number of aromatic nitrogens is 1. The first kappa shape index (κ1) is 15.8. The van der Waals surface area contributed by atoms with Gasteiger partial charge in [0.05, 0.1) is 0 Å². The predicted octanol–water partition coefficient (Wildman–Crippen LogP) is 2.72. The van der Waals surface area contributed by atoms with E-state index in [1.807, 2.05) is 6.92 Å². The van der Waals surface area contributed by atoms with E-state index < -0.39 is 6.04 Å². The average Bonchev–Trinajstić information content (AvgIpc) is 2.50. The molecule has 1 atom stereocenters. The van der Waals surface area contributed by atoms with Crippen LogP contribution in [0.4, 0.5) is 11.4 Å². The molecular weight excluding hydrogens is 278 g/mol. The fraction of sp³-hybridized carbons (Fsp3) is 0.294. The summed E-state index contributed by atoms with van der Waals surface area (Å²) in [5.74, 6) is -0.195. The monoisotopic (exact) mass is 299 g/mol. The van der Waals surface area contributed by atoms with Gasteiger partial charge < -0.3 is 15.6 Å². The summed E-state index contributed by atoms with van der Waals surface area (Å²) < 4.78 is 1.51. The summed E-state index contributed by atoms with van der Waals surface area (Å²) in [5.41, 5.74) is 7.44. The van der Waals surface area contributed by atoms with Crippen LogP contribution in [0.5, 0.6) is 0 Å². The van der Waals surface area contributed by atoms with Crippen LogP contribution < -0.4 is 16.6 Å². The number of carbonyl (C=O) groups is 1. The van der Waals surface area contributed by atoms with Crippen LogP contribution in [-0.4, -0.2) is 10.5 Å². The quantitative estimate of drug-likeness (QED) is 0.833. The number of amides is 1. The molecule has 5 heteroatoms. The summed E-state index contributed by atoms with van der Waals surface area (Å²) in [6.45, 7) is 3.74. The number of anilines is 2. The van der Waals surface area contributed by atoms with Crippen molar-refractivity contribution in [2.75, 3.05) is 11.1 Å². The van der Waals surface area contributed by atoms with Crippen molar-refractivity contribution < 1.29 is 4.79 Å². The fourth-order valence-corrected chi connectivity index (χ4v) is 2.33. The van der Waals surface area contributed by atoms with E-state index >= 15 is 0 Å². The Hall–Kier alpha value is -2.56. The maximum Gasteiger partial charge on any atom is 0.254 e. The highest BCUT2D eigenvalue weighted by molar-refractivity contribution is 5.93. The first-order valence-electron chi connectivity index (χ1n) is 7.37. The molecule has 1 unspecified atom stereocenters. The van der Waals surface area contributed by atoms with Crippen molar-refractivity contribution in [3.05, 3.63) is 58.5 Å². The Bertz CT molecular complexity index is 705. The number of aryl methyl sites for hydroxylation is 1. The average molecular weight is 299 g/mol. The van der Waals surface area contributed by atoms with Gasteiger partial charge in [0.15, 0.2) is 0 Å². The van der Waals surface area contributed by atoms with Crippen LogP contribution in [0.15, 0.2) is 47.4 Å². The van der Waals surface area contributed by atoms with Crippen molar-refractivity contribution in [1.82, 2.24) is 4.57 Å². The molecule has 5 nitrogen and oxygen atoms in total. The Morgan fingerprint density at radius 2 is 1.95 bits per heavy atom. The molecule has 0 aliphatic rings. The van der Waals surface area contributed by atoms with E-state index in [1.165, 1.54) is 4.57 Å². The van der Waals surface area contributed by atoms with Crippen molar-refractivity contribution in [2.45, 2.75) is 32.7 Å². The smallest absolute Gasteiger partial charge is 0.254 e. The summed E-state index contributed by atoms with van der Waals surface area (Å²) >= 11 is 0. The Balaban J connectivity index is 2.27. The highest BCUT2D eigenvalue weighted by atomic mass is 16.2. The number of carbonyl (C=O) groups excluding carboxylic acids is 1. The number of nitrogens with two attached hydrogens (primary N) is 1. The molecule has 22 heavy (non-hydrogen) atoms. The zero-order valence-electron chi connectivity index (χ0n) is 12.9. The van der Waals surface area contributed by atoms with Crippen LogP contribution >= 0.6 is 0 Å².